The van der Waals surface area contributed by atoms with E-state index in [9.17, 15) is 4.79 Å². The SMILES string of the molecule is CCNC(=O)c1cn[nH]c1-c1ccsc1. The van der Waals surface area contributed by atoms with Gasteiger partial charge in [0, 0.05) is 17.5 Å². The number of thiophene rings is 1. The number of nitrogens with zero attached hydrogens (tertiary/aromatic N) is 1. The molecule has 0 fully saturated rings. The molecule has 0 atom stereocenters. The Morgan fingerprint density at radius 2 is 2.53 bits per heavy atom. The van der Waals surface area contributed by atoms with Crippen molar-refractivity contribution in [3.63, 3.8) is 0 Å². The van der Waals surface area contributed by atoms with Crippen LogP contribution in [0.2, 0.25) is 0 Å². The van der Waals surface area contributed by atoms with Gasteiger partial charge in [-0.3, -0.25) is 9.89 Å². The highest BCUT2D eigenvalue weighted by molar-refractivity contribution is 7.08. The molecular weight excluding hydrogens is 210 g/mol. The summed E-state index contributed by atoms with van der Waals surface area (Å²) in [5, 5.41) is 13.5. The number of amides is 1. The van der Waals surface area contributed by atoms with Crippen molar-refractivity contribution >= 4 is 17.2 Å². The van der Waals surface area contributed by atoms with Gasteiger partial charge in [0.2, 0.25) is 0 Å². The van der Waals surface area contributed by atoms with Crippen molar-refractivity contribution in [2.75, 3.05) is 6.54 Å². The second kappa shape index (κ2) is 4.27. The Labute approximate surface area is 91.3 Å². The van der Waals surface area contributed by atoms with Gasteiger partial charge >= 0.3 is 0 Å². The molecule has 4 nitrogen and oxygen atoms in total. The standard InChI is InChI=1S/C10H11N3OS/c1-2-11-10(14)8-5-12-13-9(8)7-3-4-15-6-7/h3-6H,2H2,1H3,(H,11,14)(H,12,13). The van der Waals surface area contributed by atoms with E-state index < -0.39 is 0 Å². The highest BCUT2D eigenvalue weighted by atomic mass is 32.1. The number of hydrogen-bond acceptors (Lipinski definition) is 3. The van der Waals surface area contributed by atoms with Gasteiger partial charge in [0.05, 0.1) is 17.5 Å². The molecule has 0 aliphatic rings. The van der Waals surface area contributed by atoms with E-state index in [4.69, 9.17) is 0 Å². The molecule has 2 aromatic heterocycles. The van der Waals surface area contributed by atoms with Gasteiger partial charge < -0.3 is 5.32 Å². The zero-order valence-corrected chi connectivity index (χ0v) is 9.10. The van der Waals surface area contributed by atoms with E-state index in [0.717, 1.165) is 11.3 Å². The summed E-state index contributed by atoms with van der Waals surface area (Å²) in [7, 11) is 0. The van der Waals surface area contributed by atoms with Crippen LogP contribution < -0.4 is 5.32 Å². The molecule has 2 heterocycles. The molecule has 0 saturated heterocycles. The van der Waals surface area contributed by atoms with E-state index in [1.165, 1.54) is 0 Å². The highest BCUT2D eigenvalue weighted by Crippen LogP contribution is 2.23. The zero-order chi connectivity index (χ0) is 10.7. The van der Waals surface area contributed by atoms with E-state index >= 15 is 0 Å². The summed E-state index contributed by atoms with van der Waals surface area (Å²) < 4.78 is 0. The van der Waals surface area contributed by atoms with Gasteiger partial charge in [0.15, 0.2) is 0 Å². The molecule has 2 aromatic rings. The molecule has 0 aliphatic carbocycles. The van der Waals surface area contributed by atoms with E-state index in [2.05, 4.69) is 15.5 Å². The third kappa shape index (κ3) is 1.92. The van der Waals surface area contributed by atoms with Crippen molar-refractivity contribution in [2.45, 2.75) is 6.92 Å². The maximum atomic E-state index is 11.7. The Morgan fingerprint density at radius 3 is 3.20 bits per heavy atom. The first-order chi connectivity index (χ1) is 7.33. The summed E-state index contributed by atoms with van der Waals surface area (Å²) in [6.45, 7) is 2.51. The van der Waals surface area contributed by atoms with Gasteiger partial charge in [-0.05, 0) is 18.4 Å². The summed E-state index contributed by atoms with van der Waals surface area (Å²) in [4.78, 5) is 11.7. The number of aromatic amines is 1. The molecule has 0 radical (unpaired) electrons. The molecule has 2 rings (SSSR count). The first kappa shape index (κ1) is 9.92. The first-order valence-corrected chi connectivity index (χ1v) is 5.61. The average Bonchev–Trinajstić information content (AvgIpc) is 2.88. The minimum atomic E-state index is -0.0903. The number of aromatic nitrogens is 2. The Hall–Kier alpha value is -1.62. The molecule has 0 aromatic carbocycles. The third-order valence-corrected chi connectivity index (χ3v) is 2.71. The lowest BCUT2D eigenvalue weighted by atomic mass is 10.1. The van der Waals surface area contributed by atoms with Crippen LogP contribution in [0, 0.1) is 0 Å². The monoisotopic (exact) mass is 221 g/mol. The van der Waals surface area contributed by atoms with Crippen molar-refractivity contribution in [1.82, 2.24) is 15.5 Å². The third-order valence-electron chi connectivity index (χ3n) is 2.03. The number of carbonyl (C=O) groups is 1. The number of H-pyrrole nitrogens is 1. The van der Waals surface area contributed by atoms with Gasteiger partial charge in [-0.2, -0.15) is 16.4 Å². The van der Waals surface area contributed by atoms with Crippen molar-refractivity contribution in [1.29, 1.82) is 0 Å². The summed E-state index contributed by atoms with van der Waals surface area (Å²) in [6.07, 6.45) is 1.55. The summed E-state index contributed by atoms with van der Waals surface area (Å²) in [6, 6.07) is 1.96. The average molecular weight is 221 g/mol. The number of nitrogens with one attached hydrogen (secondary N) is 2. The van der Waals surface area contributed by atoms with E-state index in [0.29, 0.717) is 12.1 Å². The van der Waals surface area contributed by atoms with Crippen molar-refractivity contribution in [3.8, 4) is 11.3 Å². The zero-order valence-electron chi connectivity index (χ0n) is 8.28. The van der Waals surface area contributed by atoms with Crippen LogP contribution in [0.25, 0.3) is 11.3 Å². The van der Waals surface area contributed by atoms with Crippen molar-refractivity contribution in [3.05, 3.63) is 28.6 Å². The van der Waals surface area contributed by atoms with Crippen LogP contribution in [0.15, 0.2) is 23.0 Å². The van der Waals surface area contributed by atoms with Crippen LogP contribution in [0.4, 0.5) is 0 Å². The van der Waals surface area contributed by atoms with Crippen molar-refractivity contribution < 1.29 is 4.79 Å². The van der Waals surface area contributed by atoms with Crippen LogP contribution >= 0.6 is 11.3 Å². The van der Waals surface area contributed by atoms with E-state index in [-0.39, 0.29) is 5.91 Å². The highest BCUT2D eigenvalue weighted by Gasteiger charge is 2.14. The fourth-order valence-corrected chi connectivity index (χ4v) is 1.99. The minimum absolute atomic E-state index is 0.0903. The molecule has 5 heteroatoms. The van der Waals surface area contributed by atoms with E-state index in [1.54, 1.807) is 17.5 Å². The predicted molar refractivity (Wildman–Crippen MR) is 59.9 cm³/mol. The van der Waals surface area contributed by atoms with Gasteiger partial charge in [-0.1, -0.05) is 0 Å². The lowest BCUT2D eigenvalue weighted by Crippen LogP contribution is -2.22. The van der Waals surface area contributed by atoms with Crippen LogP contribution in [-0.2, 0) is 0 Å². The number of rotatable bonds is 3. The van der Waals surface area contributed by atoms with Gasteiger partial charge in [0.1, 0.15) is 0 Å². The second-order valence-corrected chi connectivity index (χ2v) is 3.81. The minimum Gasteiger partial charge on any atom is -0.352 e. The fraction of sp³-hybridized carbons (Fsp3) is 0.200. The summed E-state index contributed by atoms with van der Waals surface area (Å²) in [5.74, 6) is -0.0903. The van der Waals surface area contributed by atoms with Gasteiger partial charge in [0.25, 0.3) is 5.91 Å². The second-order valence-electron chi connectivity index (χ2n) is 3.03. The summed E-state index contributed by atoms with van der Waals surface area (Å²) >= 11 is 1.59. The largest absolute Gasteiger partial charge is 0.352 e. The predicted octanol–water partition coefficient (Wildman–Crippen LogP) is 1.89. The molecule has 0 aliphatic heterocycles. The molecule has 0 spiro atoms. The Morgan fingerprint density at radius 1 is 1.67 bits per heavy atom. The molecule has 15 heavy (non-hydrogen) atoms. The van der Waals surface area contributed by atoms with E-state index in [1.807, 2.05) is 23.8 Å². The molecule has 0 bridgehead atoms. The van der Waals surface area contributed by atoms with Crippen molar-refractivity contribution in [2.24, 2.45) is 0 Å². The molecule has 78 valence electrons. The molecule has 2 N–H and O–H groups in total. The van der Waals surface area contributed by atoms with Gasteiger partial charge in [-0.25, -0.2) is 0 Å². The molecule has 1 amide bonds. The lowest BCUT2D eigenvalue weighted by molar-refractivity contribution is 0.0956. The summed E-state index contributed by atoms with van der Waals surface area (Å²) in [5.41, 5.74) is 2.37. The van der Waals surface area contributed by atoms with Gasteiger partial charge in [-0.15, -0.1) is 0 Å². The van der Waals surface area contributed by atoms with Crippen LogP contribution in [-0.4, -0.2) is 22.6 Å². The normalized spacial score (nSPS) is 10.2. The topological polar surface area (TPSA) is 57.8 Å². The lowest BCUT2D eigenvalue weighted by Gasteiger charge is -2.01. The molecule has 0 unspecified atom stereocenters. The first-order valence-electron chi connectivity index (χ1n) is 4.67. The number of hydrogen-bond donors (Lipinski definition) is 2. The van der Waals surface area contributed by atoms with Crippen LogP contribution in [0.5, 0.6) is 0 Å². The Bertz CT molecular complexity index is 447. The quantitative estimate of drug-likeness (QED) is 0.831. The Balaban J connectivity index is 2.34. The van der Waals surface area contributed by atoms with Crippen LogP contribution in [0.3, 0.4) is 0 Å². The van der Waals surface area contributed by atoms with Crippen LogP contribution in [0.1, 0.15) is 17.3 Å². The maximum absolute atomic E-state index is 11.7. The smallest absolute Gasteiger partial charge is 0.255 e. The number of carbonyl (C=O) groups excluding carboxylic acids is 1. The molecular formula is C10H11N3OS. The Kier molecular flexibility index (Phi) is 2.82. The maximum Gasteiger partial charge on any atom is 0.255 e. The molecule has 0 saturated carbocycles. The fourth-order valence-electron chi connectivity index (χ4n) is 1.34.